The van der Waals surface area contributed by atoms with Crippen molar-refractivity contribution in [2.75, 3.05) is 11.9 Å². The molecule has 0 amide bonds. The molecule has 1 aromatic carbocycles. The Morgan fingerprint density at radius 3 is 2.58 bits per heavy atom. The van der Waals surface area contributed by atoms with E-state index in [-0.39, 0.29) is 23.8 Å². The van der Waals surface area contributed by atoms with Crippen LogP contribution < -0.4 is 5.32 Å². The van der Waals surface area contributed by atoms with Crippen molar-refractivity contribution in [3.8, 4) is 5.69 Å². The average Bonchev–Trinajstić information content (AvgIpc) is 3.34. The number of piperidine rings is 2. The maximum Gasteiger partial charge on any atom is 0.417 e. The van der Waals surface area contributed by atoms with Gasteiger partial charge in [-0.1, -0.05) is 18.2 Å². The molecule has 2 saturated heterocycles. The zero-order valence-electron chi connectivity index (χ0n) is 17.5. The lowest BCUT2D eigenvalue weighted by molar-refractivity contribution is -0.138. The smallest absolute Gasteiger partial charge is 0.374 e. The molecule has 1 aliphatic carbocycles. The van der Waals surface area contributed by atoms with Crippen LogP contribution in [0.5, 0.6) is 0 Å². The van der Waals surface area contributed by atoms with Crippen LogP contribution in [0.3, 0.4) is 0 Å². The Labute approximate surface area is 187 Å². The molecule has 2 bridgehead atoms. The molecule has 6 rings (SSSR count). The Kier molecular flexibility index (Phi) is 5.53. The van der Waals surface area contributed by atoms with Crippen LogP contribution in [0.4, 0.5) is 23.4 Å². The molecular formula is C22H22F4N6O. The monoisotopic (exact) mass is 462 g/mol. The quantitative estimate of drug-likeness (QED) is 0.562. The number of aromatic nitrogens is 4. The largest absolute Gasteiger partial charge is 0.417 e. The van der Waals surface area contributed by atoms with Crippen LogP contribution in [0.2, 0.25) is 0 Å². The molecule has 174 valence electrons. The standard InChI is InChI=1S/C22H22F4N6O/c23-16-10-14(22(24,25)26)11-27-20(16)30-17-9-13-5-6-19(17)31(12-13)21(33)15-3-1-2-4-18(15)32-28-7-8-29-32/h1-4,7-8,10-11,13,17,19,21,33H,5-6,9,12H2,(H,27,30). The van der Waals surface area contributed by atoms with Gasteiger partial charge >= 0.3 is 6.18 Å². The van der Waals surface area contributed by atoms with Gasteiger partial charge < -0.3 is 10.4 Å². The normalized spacial score (nSPS) is 24.1. The molecule has 33 heavy (non-hydrogen) atoms. The molecule has 4 heterocycles. The van der Waals surface area contributed by atoms with Crippen molar-refractivity contribution in [3.05, 3.63) is 65.9 Å². The number of rotatable bonds is 5. The second-order valence-electron chi connectivity index (χ2n) is 8.50. The van der Waals surface area contributed by atoms with Crippen molar-refractivity contribution in [1.82, 2.24) is 24.9 Å². The average molecular weight is 462 g/mol. The van der Waals surface area contributed by atoms with Gasteiger partial charge in [-0.25, -0.2) is 9.37 Å². The molecule has 3 aliphatic rings. The van der Waals surface area contributed by atoms with Gasteiger partial charge in [0.05, 0.1) is 23.6 Å². The Morgan fingerprint density at radius 1 is 1.12 bits per heavy atom. The summed E-state index contributed by atoms with van der Waals surface area (Å²) in [5.41, 5.74) is 0.159. The van der Waals surface area contributed by atoms with Gasteiger partial charge in [0.25, 0.3) is 0 Å². The molecule has 4 unspecified atom stereocenters. The Morgan fingerprint density at radius 2 is 1.88 bits per heavy atom. The number of nitrogens with zero attached hydrogens (tertiary/aromatic N) is 5. The van der Waals surface area contributed by atoms with E-state index in [1.165, 1.54) is 4.80 Å². The van der Waals surface area contributed by atoms with Crippen LogP contribution in [-0.4, -0.2) is 48.6 Å². The minimum absolute atomic E-state index is 0.146. The van der Waals surface area contributed by atoms with Crippen molar-refractivity contribution in [2.45, 2.75) is 43.8 Å². The highest BCUT2D eigenvalue weighted by Gasteiger charge is 2.44. The predicted molar refractivity (Wildman–Crippen MR) is 111 cm³/mol. The highest BCUT2D eigenvalue weighted by atomic mass is 19.4. The minimum Gasteiger partial charge on any atom is -0.374 e. The van der Waals surface area contributed by atoms with E-state index in [0.29, 0.717) is 30.1 Å². The van der Waals surface area contributed by atoms with Gasteiger partial charge in [-0.3, -0.25) is 4.90 Å². The molecule has 7 nitrogen and oxygen atoms in total. The van der Waals surface area contributed by atoms with E-state index in [9.17, 15) is 22.7 Å². The van der Waals surface area contributed by atoms with Gasteiger partial charge in [-0.05, 0) is 37.3 Å². The first kappa shape index (κ1) is 21.8. The van der Waals surface area contributed by atoms with Crippen LogP contribution in [0.25, 0.3) is 5.69 Å². The third kappa shape index (κ3) is 4.18. The van der Waals surface area contributed by atoms with Gasteiger partial charge in [-0.2, -0.15) is 28.2 Å². The number of pyridine rings is 1. The maximum absolute atomic E-state index is 14.4. The van der Waals surface area contributed by atoms with Crippen LogP contribution in [-0.2, 0) is 6.18 Å². The highest BCUT2D eigenvalue weighted by molar-refractivity contribution is 5.42. The van der Waals surface area contributed by atoms with Crippen LogP contribution in [0.1, 0.15) is 36.6 Å². The summed E-state index contributed by atoms with van der Waals surface area (Å²) >= 11 is 0. The van der Waals surface area contributed by atoms with Crippen LogP contribution >= 0.6 is 0 Å². The van der Waals surface area contributed by atoms with E-state index < -0.39 is 23.8 Å². The molecule has 4 atom stereocenters. The summed E-state index contributed by atoms with van der Waals surface area (Å²) in [5.74, 6) is -1.00. The second-order valence-corrected chi connectivity index (χ2v) is 8.50. The molecule has 11 heteroatoms. The van der Waals surface area contributed by atoms with E-state index in [1.807, 2.05) is 29.2 Å². The SMILES string of the molecule is OC(c1ccccc1-n1nccn1)N1CC2CCC1C(Nc1ncc(C(F)(F)F)cc1F)C2. The van der Waals surface area contributed by atoms with Gasteiger partial charge in [0.15, 0.2) is 11.6 Å². The highest BCUT2D eigenvalue weighted by Crippen LogP contribution is 2.41. The lowest BCUT2D eigenvalue weighted by Crippen LogP contribution is -2.59. The van der Waals surface area contributed by atoms with E-state index >= 15 is 0 Å². The molecule has 0 spiro atoms. The number of hydrogen-bond donors (Lipinski definition) is 2. The summed E-state index contributed by atoms with van der Waals surface area (Å²) in [5, 5.41) is 22.6. The summed E-state index contributed by atoms with van der Waals surface area (Å²) in [4.78, 5) is 7.09. The number of benzene rings is 1. The third-order valence-corrected chi connectivity index (χ3v) is 6.47. The number of hydrogen-bond acceptors (Lipinski definition) is 6. The summed E-state index contributed by atoms with van der Waals surface area (Å²) in [6, 6.07) is 7.33. The van der Waals surface area contributed by atoms with E-state index in [0.717, 1.165) is 19.3 Å². The minimum atomic E-state index is -4.66. The van der Waals surface area contributed by atoms with Crippen LogP contribution in [0.15, 0.2) is 48.9 Å². The van der Waals surface area contributed by atoms with E-state index in [1.54, 1.807) is 12.4 Å². The predicted octanol–water partition coefficient (Wildman–Crippen LogP) is 3.78. The molecule has 1 saturated carbocycles. The molecule has 3 aromatic rings. The number of aliphatic hydroxyl groups is 1. The summed E-state index contributed by atoms with van der Waals surface area (Å²) in [7, 11) is 0. The fourth-order valence-corrected chi connectivity index (χ4v) is 4.96. The lowest BCUT2D eigenvalue weighted by atomic mass is 9.76. The summed E-state index contributed by atoms with van der Waals surface area (Å²) in [6.45, 7) is 0.661. The first-order chi connectivity index (χ1) is 15.8. The molecule has 3 fully saturated rings. The van der Waals surface area contributed by atoms with Gasteiger partial charge in [0.1, 0.15) is 6.23 Å². The van der Waals surface area contributed by atoms with Gasteiger partial charge in [0.2, 0.25) is 0 Å². The number of aliphatic hydroxyl groups excluding tert-OH is 1. The molecule has 0 radical (unpaired) electrons. The number of halogens is 4. The molecule has 2 N–H and O–H groups in total. The Bertz CT molecular complexity index is 1120. The van der Waals surface area contributed by atoms with Gasteiger partial charge in [-0.15, -0.1) is 0 Å². The van der Waals surface area contributed by atoms with E-state index in [4.69, 9.17) is 0 Å². The van der Waals surface area contributed by atoms with Crippen molar-refractivity contribution in [3.63, 3.8) is 0 Å². The maximum atomic E-state index is 14.4. The van der Waals surface area contributed by atoms with Crippen molar-refractivity contribution in [1.29, 1.82) is 0 Å². The Balaban J connectivity index is 1.39. The zero-order chi connectivity index (χ0) is 23.2. The van der Waals surface area contributed by atoms with E-state index in [2.05, 4.69) is 20.5 Å². The number of nitrogens with one attached hydrogen (secondary N) is 1. The van der Waals surface area contributed by atoms with Gasteiger partial charge in [0, 0.05) is 30.4 Å². The van der Waals surface area contributed by atoms with Crippen molar-refractivity contribution >= 4 is 5.82 Å². The third-order valence-electron chi connectivity index (χ3n) is 6.47. The summed E-state index contributed by atoms with van der Waals surface area (Å²) in [6.07, 6.45) is 0.588. The van der Waals surface area contributed by atoms with Crippen molar-refractivity contribution in [2.24, 2.45) is 5.92 Å². The number of para-hydroxylation sites is 1. The number of anilines is 1. The molecule has 2 aromatic heterocycles. The van der Waals surface area contributed by atoms with Crippen LogP contribution in [0, 0.1) is 11.7 Å². The molecular weight excluding hydrogens is 440 g/mol. The molecule has 2 aliphatic heterocycles. The second kappa shape index (κ2) is 8.38. The topological polar surface area (TPSA) is 79.1 Å². The Hall–Kier alpha value is -3.05. The fraction of sp³-hybridized carbons (Fsp3) is 0.409. The number of alkyl halides is 3. The zero-order valence-corrected chi connectivity index (χ0v) is 17.5. The fourth-order valence-electron chi connectivity index (χ4n) is 4.96. The first-order valence-electron chi connectivity index (χ1n) is 10.7. The number of fused-ring (bicyclic) bond motifs is 3. The first-order valence-corrected chi connectivity index (χ1v) is 10.7. The lowest BCUT2D eigenvalue weighted by Gasteiger charge is -2.51. The summed E-state index contributed by atoms with van der Waals surface area (Å²) < 4.78 is 52.9. The van der Waals surface area contributed by atoms with Crippen molar-refractivity contribution < 1.29 is 22.7 Å².